The molecule has 1 aromatic carbocycles. The van der Waals surface area contributed by atoms with E-state index in [1.807, 2.05) is 0 Å². The zero-order valence-electron chi connectivity index (χ0n) is 13.1. The second-order valence-electron chi connectivity index (χ2n) is 4.87. The van der Waals surface area contributed by atoms with Crippen molar-refractivity contribution >= 4 is 79.8 Å². The first-order valence-corrected chi connectivity index (χ1v) is 9.84. The summed E-state index contributed by atoms with van der Waals surface area (Å²) in [6, 6.07) is 3.69. The molecule has 0 aliphatic carbocycles. The van der Waals surface area contributed by atoms with Gasteiger partial charge in [0.2, 0.25) is 33.0 Å². The van der Waals surface area contributed by atoms with Crippen molar-refractivity contribution in [3.05, 3.63) is 39.3 Å². The molecule has 0 aliphatic heterocycles. The number of nitrogens with one attached hydrogen (secondary N) is 2. The molecule has 0 amide bonds. The summed E-state index contributed by atoms with van der Waals surface area (Å²) >= 11 is 22.8. The second-order valence-corrected chi connectivity index (χ2v) is 7.64. The van der Waals surface area contributed by atoms with E-state index in [1.165, 1.54) is 6.07 Å². The maximum Gasteiger partial charge on any atom is 0.294 e. The van der Waals surface area contributed by atoms with Crippen LogP contribution in [0.4, 0.5) is 23.3 Å². The summed E-state index contributed by atoms with van der Waals surface area (Å²) in [7, 11) is -4.56. The van der Waals surface area contributed by atoms with E-state index in [0.717, 1.165) is 12.1 Å². The summed E-state index contributed by atoms with van der Waals surface area (Å²) in [6.45, 7) is 0. The molecule has 3 aromatic rings. The zero-order chi connectivity index (χ0) is 20.5. The molecule has 11 nitrogen and oxygen atoms in total. The van der Waals surface area contributed by atoms with Gasteiger partial charge in [0, 0.05) is 11.4 Å². The van der Waals surface area contributed by atoms with Crippen LogP contribution < -0.4 is 10.6 Å². The highest BCUT2D eigenvalue weighted by atomic mass is 35.5. The van der Waals surface area contributed by atoms with Crippen LogP contribution in [-0.4, -0.2) is 42.9 Å². The molecule has 0 atom stereocenters. The maximum absolute atomic E-state index is 11.6. The predicted octanol–water partition coefficient (Wildman–Crippen LogP) is 3.40. The van der Waals surface area contributed by atoms with E-state index in [-0.39, 0.29) is 44.4 Å². The van der Waals surface area contributed by atoms with Gasteiger partial charge in [-0.05, 0) is 64.6 Å². The molecule has 28 heavy (non-hydrogen) atoms. The van der Waals surface area contributed by atoms with Gasteiger partial charge in [0.05, 0.1) is 4.90 Å². The number of benzene rings is 1. The van der Waals surface area contributed by atoms with Gasteiger partial charge in [-0.1, -0.05) is 0 Å². The Balaban J connectivity index is 2.01. The predicted molar refractivity (Wildman–Crippen MR) is 103 cm³/mol. The van der Waals surface area contributed by atoms with E-state index in [2.05, 4.69) is 40.5 Å². The van der Waals surface area contributed by atoms with Crippen LogP contribution in [-0.2, 0) is 10.1 Å². The third kappa shape index (κ3) is 5.47. The smallest absolute Gasteiger partial charge is 0.294 e. The van der Waals surface area contributed by atoms with Crippen LogP contribution in [0.1, 0.15) is 0 Å². The average Bonchev–Trinajstić information content (AvgIpc) is 2.51. The Morgan fingerprint density at radius 1 is 0.679 bits per heavy atom. The van der Waals surface area contributed by atoms with Crippen molar-refractivity contribution in [2.45, 2.75) is 4.90 Å². The molecule has 2 aromatic heterocycles. The molecule has 0 fully saturated rings. The van der Waals surface area contributed by atoms with Crippen molar-refractivity contribution in [2.75, 3.05) is 10.6 Å². The van der Waals surface area contributed by atoms with Gasteiger partial charge in [0.15, 0.2) is 0 Å². The Hall–Kier alpha value is -2.09. The van der Waals surface area contributed by atoms with Crippen molar-refractivity contribution in [1.82, 2.24) is 29.9 Å². The Labute approximate surface area is 177 Å². The third-order valence-corrected chi connectivity index (χ3v) is 4.39. The van der Waals surface area contributed by atoms with Crippen molar-refractivity contribution in [2.24, 2.45) is 0 Å². The first-order chi connectivity index (χ1) is 13.1. The molecule has 3 N–H and O–H groups in total. The number of rotatable bonds is 5. The van der Waals surface area contributed by atoms with Crippen LogP contribution in [0.25, 0.3) is 0 Å². The Bertz CT molecular complexity index is 1050. The molecule has 0 aliphatic rings. The van der Waals surface area contributed by atoms with Crippen molar-refractivity contribution in [3.8, 4) is 0 Å². The summed E-state index contributed by atoms with van der Waals surface area (Å²) in [6.07, 6.45) is 0. The molecule has 146 valence electrons. The van der Waals surface area contributed by atoms with Gasteiger partial charge < -0.3 is 10.6 Å². The van der Waals surface area contributed by atoms with Crippen LogP contribution >= 0.6 is 46.4 Å². The van der Waals surface area contributed by atoms with Crippen LogP contribution in [0.5, 0.6) is 0 Å². The van der Waals surface area contributed by atoms with Gasteiger partial charge in [-0.3, -0.25) is 4.55 Å². The SMILES string of the molecule is O=S(=O)(O)c1cc(Nc2nc(Cl)nc(Cl)n2)cc(Nc2nc(Cl)nc(Cl)n2)c1. The maximum atomic E-state index is 11.6. The molecule has 0 bridgehead atoms. The lowest BCUT2D eigenvalue weighted by atomic mass is 10.2. The summed E-state index contributed by atoms with van der Waals surface area (Å²) in [5.74, 6) is -0.121. The van der Waals surface area contributed by atoms with E-state index in [4.69, 9.17) is 46.4 Å². The monoisotopic (exact) mass is 482 g/mol. The quantitative estimate of drug-likeness (QED) is 0.456. The molecule has 2 heterocycles. The second kappa shape index (κ2) is 8.11. The van der Waals surface area contributed by atoms with Gasteiger partial charge in [0.25, 0.3) is 10.1 Å². The highest BCUT2D eigenvalue weighted by Gasteiger charge is 2.15. The normalized spacial score (nSPS) is 11.3. The minimum Gasteiger partial charge on any atom is -0.324 e. The fourth-order valence-corrected chi connectivity index (χ4v) is 3.19. The number of nitrogens with zero attached hydrogens (tertiary/aromatic N) is 6. The lowest BCUT2D eigenvalue weighted by Gasteiger charge is -2.11. The summed E-state index contributed by atoms with van der Waals surface area (Å²) in [4.78, 5) is 22.0. The van der Waals surface area contributed by atoms with Gasteiger partial charge in [0.1, 0.15) is 0 Å². The summed E-state index contributed by atoms with van der Waals surface area (Å²) < 4.78 is 32.6. The van der Waals surface area contributed by atoms with Gasteiger partial charge in [-0.15, -0.1) is 0 Å². The van der Waals surface area contributed by atoms with E-state index in [0.29, 0.717) is 0 Å². The van der Waals surface area contributed by atoms with E-state index < -0.39 is 15.0 Å². The third-order valence-electron chi connectivity index (χ3n) is 2.88. The number of aromatic nitrogens is 6. The molecule has 16 heteroatoms. The van der Waals surface area contributed by atoms with Crippen molar-refractivity contribution < 1.29 is 13.0 Å². The molecule has 0 unspecified atom stereocenters. The largest absolute Gasteiger partial charge is 0.324 e. The number of halogens is 4. The fourth-order valence-electron chi connectivity index (χ4n) is 1.91. The molecular weight excluding hydrogens is 478 g/mol. The minimum atomic E-state index is -4.56. The van der Waals surface area contributed by atoms with Gasteiger partial charge in [-0.2, -0.15) is 38.3 Å². The van der Waals surface area contributed by atoms with E-state index in [9.17, 15) is 13.0 Å². The minimum absolute atomic E-state index is 0.0605. The highest BCUT2D eigenvalue weighted by Crippen LogP contribution is 2.26. The number of hydrogen-bond acceptors (Lipinski definition) is 10. The number of hydrogen-bond donors (Lipinski definition) is 3. The summed E-state index contributed by atoms with van der Waals surface area (Å²) in [5.41, 5.74) is 0.310. The Morgan fingerprint density at radius 2 is 1.04 bits per heavy atom. The first-order valence-electron chi connectivity index (χ1n) is 6.89. The van der Waals surface area contributed by atoms with E-state index in [1.54, 1.807) is 0 Å². The standard InChI is InChI=1S/C12H6Cl4N8O3S/c13-7-19-8(14)22-11(21-7)17-4-1-5(3-6(2-4)28(25,26)27)18-12-23-9(15)20-10(16)24-12/h1-3H,(H,25,26,27)(H,17,19,21,22)(H,18,20,23,24). The lowest BCUT2D eigenvalue weighted by molar-refractivity contribution is 0.483. The molecule has 0 saturated carbocycles. The van der Waals surface area contributed by atoms with E-state index >= 15 is 0 Å². The van der Waals surface area contributed by atoms with Gasteiger partial charge >= 0.3 is 0 Å². The first kappa shape index (κ1) is 20.6. The molecule has 0 radical (unpaired) electrons. The molecule has 0 spiro atoms. The highest BCUT2D eigenvalue weighted by molar-refractivity contribution is 7.85. The van der Waals surface area contributed by atoms with Crippen molar-refractivity contribution in [3.63, 3.8) is 0 Å². The lowest BCUT2D eigenvalue weighted by Crippen LogP contribution is -2.05. The Morgan fingerprint density at radius 3 is 1.36 bits per heavy atom. The molecule has 3 rings (SSSR count). The topological polar surface area (TPSA) is 156 Å². The van der Waals surface area contributed by atoms with Gasteiger partial charge in [-0.25, -0.2) is 0 Å². The van der Waals surface area contributed by atoms with Crippen LogP contribution in [0, 0.1) is 0 Å². The van der Waals surface area contributed by atoms with Crippen LogP contribution in [0.3, 0.4) is 0 Å². The fraction of sp³-hybridized carbons (Fsp3) is 0. The van der Waals surface area contributed by atoms with Crippen molar-refractivity contribution in [1.29, 1.82) is 0 Å². The molecule has 0 saturated heterocycles. The van der Waals surface area contributed by atoms with Crippen LogP contribution in [0.2, 0.25) is 21.1 Å². The zero-order valence-corrected chi connectivity index (χ0v) is 16.9. The average molecular weight is 484 g/mol. The Kier molecular flexibility index (Phi) is 5.98. The summed E-state index contributed by atoms with van der Waals surface area (Å²) in [5, 5.41) is 4.67. The number of anilines is 4. The van der Waals surface area contributed by atoms with Crippen LogP contribution in [0.15, 0.2) is 23.1 Å². The molecular formula is C12H6Cl4N8O3S.